The minimum atomic E-state index is -0.862. The summed E-state index contributed by atoms with van der Waals surface area (Å²) in [7, 11) is 1.64. The summed E-state index contributed by atoms with van der Waals surface area (Å²) in [5.41, 5.74) is 1.48. The van der Waals surface area contributed by atoms with Gasteiger partial charge in [-0.2, -0.15) is 0 Å². The zero-order valence-electron chi connectivity index (χ0n) is 11.4. The van der Waals surface area contributed by atoms with Gasteiger partial charge >= 0.3 is 5.97 Å². The van der Waals surface area contributed by atoms with Crippen LogP contribution in [0.5, 0.6) is 5.75 Å². The highest BCUT2D eigenvalue weighted by Crippen LogP contribution is 2.12. The number of ether oxygens (including phenoxy) is 2. The number of carbonyl (C=O) groups is 1. The number of aliphatic carboxylic acids is 1. The molecule has 0 aromatic heterocycles. The molecule has 0 atom stereocenters. The van der Waals surface area contributed by atoms with Crippen LogP contribution in [0.25, 0.3) is 0 Å². The molecule has 0 fully saturated rings. The Bertz CT molecular complexity index is 420. The summed E-state index contributed by atoms with van der Waals surface area (Å²) in [6.07, 6.45) is 3.26. The third-order valence-corrected chi connectivity index (χ3v) is 2.71. The normalized spacial score (nSPS) is 11.4. The van der Waals surface area contributed by atoms with Crippen molar-refractivity contribution in [3.05, 3.63) is 41.5 Å². The van der Waals surface area contributed by atoms with Crippen LogP contribution in [0.1, 0.15) is 25.3 Å². The maximum Gasteiger partial charge on any atom is 0.330 e. The van der Waals surface area contributed by atoms with Gasteiger partial charge < -0.3 is 14.6 Å². The molecule has 0 bridgehead atoms. The summed E-state index contributed by atoms with van der Waals surface area (Å²) in [5, 5.41) is 8.67. The first kappa shape index (κ1) is 15.2. The molecule has 0 saturated carbocycles. The number of allylic oxidation sites excluding steroid dienone is 1. The molecule has 0 aliphatic carbocycles. The van der Waals surface area contributed by atoms with Gasteiger partial charge in [0.15, 0.2) is 0 Å². The van der Waals surface area contributed by atoms with Crippen LogP contribution in [0.3, 0.4) is 0 Å². The monoisotopic (exact) mass is 264 g/mol. The lowest BCUT2D eigenvalue weighted by atomic mass is 10.2. The Morgan fingerprint density at radius 3 is 2.58 bits per heavy atom. The molecule has 1 N–H and O–H groups in total. The average molecular weight is 264 g/mol. The minimum absolute atomic E-state index is 0.384. The van der Waals surface area contributed by atoms with Gasteiger partial charge in [-0.1, -0.05) is 18.2 Å². The molecule has 0 heterocycles. The summed E-state index contributed by atoms with van der Waals surface area (Å²) < 4.78 is 10.6. The average Bonchev–Trinajstić information content (AvgIpc) is 2.42. The van der Waals surface area contributed by atoms with Crippen molar-refractivity contribution >= 4 is 5.97 Å². The lowest BCUT2D eigenvalue weighted by Crippen LogP contribution is -1.97. The van der Waals surface area contributed by atoms with E-state index in [2.05, 4.69) is 0 Å². The first-order valence-electron chi connectivity index (χ1n) is 6.24. The third-order valence-electron chi connectivity index (χ3n) is 2.71. The highest BCUT2D eigenvalue weighted by molar-refractivity contribution is 5.85. The predicted octanol–water partition coefficient (Wildman–Crippen LogP) is 3.02. The van der Waals surface area contributed by atoms with E-state index >= 15 is 0 Å². The number of methoxy groups -OCH3 is 1. The van der Waals surface area contributed by atoms with E-state index < -0.39 is 5.97 Å². The number of hydrogen-bond donors (Lipinski definition) is 1. The van der Waals surface area contributed by atoms with Crippen LogP contribution in [0, 0.1) is 0 Å². The van der Waals surface area contributed by atoms with Gasteiger partial charge in [0.05, 0.1) is 13.7 Å². The van der Waals surface area contributed by atoms with E-state index in [1.807, 2.05) is 24.3 Å². The van der Waals surface area contributed by atoms with Crippen LogP contribution in [0.15, 0.2) is 35.9 Å². The van der Waals surface area contributed by atoms with E-state index in [4.69, 9.17) is 14.6 Å². The van der Waals surface area contributed by atoms with Crippen LogP contribution in [-0.2, 0) is 16.1 Å². The van der Waals surface area contributed by atoms with E-state index in [0.29, 0.717) is 18.8 Å². The Balaban J connectivity index is 2.17. The molecule has 1 aromatic rings. The van der Waals surface area contributed by atoms with Gasteiger partial charge in [-0.25, -0.2) is 4.79 Å². The SMILES string of the molecule is COc1ccc(COCCC/C=C(\C)C(=O)O)cc1. The Labute approximate surface area is 113 Å². The maximum absolute atomic E-state index is 10.5. The van der Waals surface area contributed by atoms with Gasteiger partial charge in [-0.15, -0.1) is 0 Å². The molecule has 0 amide bonds. The summed E-state index contributed by atoms with van der Waals surface area (Å²) in [4.78, 5) is 10.5. The molecule has 0 aliphatic rings. The van der Waals surface area contributed by atoms with E-state index in [-0.39, 0.29) is 0 Å². The predicted molar refractivity (Wildman–Crippen MR) is 73.3 cm³/mol. The molecule has 19 heavy (non-hydrogen) atoms. The fourth-order valence-corrected chi connectivity index (χ4v) is 1.50. The Morgan fingerprint density at radius 1 is 1.32 bits per heavy atom. The smallest absolute Gasteiger partial charge is 0.330 e. The van der Waals surface area contributed by atoms with Crippen molar-refractivity contribution < 1.29 is 19.4 Å². The topological polar surface area (TPSA) is 55.8 Å². The van der Waals surface area contributed by atoms with Gasteiger partial charge in [0.1, 0.15) is 5.75 Å². The van der Waals surface area contributed by atoms with Gasteiger partial charge in [-0.05, 0) is 37.5 Å². The Hall–Kier alpha value is -1.81. The van der Waals surface area contributed by atoms with Crippen LogP contribution in [0.2, 0.25) is 0 Å². The number of carboxylic acid groups (broad SMARTS) is 1. The largest absolute Gasteiger partial charge is 0.497 e. The van der Waals surface area contributed by atoms with E-state index in [9.17, 15) is 4.79 Å². The zero-order chi connectivity index (χ0) is 14.1. The van der Waals surface area contributed by atoms with E-state index in [1.54, 1.807) is 20.1 Å². The van der Waals surface area contributed by atoms with Gasteiger partial charge in [0, 0.05) is 12.2 Å². The number of hydrogen-bond acceptors (Lipinski definition) is 3. The van der Waals surface area contributed by atoms with Gasteiger partial charge in [-0.3, -0.25) is 0 Å². The fourth-order valence-electron chi connectivity index (χ4n) is 1.50. The summed E-state index contributed by atoms with van der Waals surface area (Å²) in [5.74, 6) is -0.0304. The van der Waals surface area contributed by atoms with Crippen molar-refractivity contribution in [1.29, 1.82) is 0 Å². The van der Waals surface area contributed by atoms with Crippen LogP contribution in [0.4, 0.5) is 0 Å². The third kappa shape index (κ3) is 6.06. The molecule has 4 heteroatoms. The van der Waals surface area contributed by atoms with Crippen molar-refractivity contribution in [2.45, 2.75) is 26.4 Å². The molecule has 4 nitrogen and oxygen atoms in total. The molecular weight excluding hydrogens is 244 g/mol. The lowest BCUT2D eigenvalue weighted by Gasteiger charge is -2.05. The van der Waals surface area contributed by atoms with Crippen LogP contribution >= 0.6 is 0 Å². The highest BCUT2D eigenvalue weighted by Gasteiger charge is 1.98. The molecule has 0 unspecified atom stereocenters. The van der Waals surface area contributed by atoms with Crippen molar-refractivity contribution in [3.63, 3.8) is 0 Å². The number of benzene rings is 1. The Kier molecular flexibility index (Phi) is 6.68. The van der Waals surface area contributed by atoms with Crippen molar-refractivity contribution in [3.8, 4) is 5.75 Å². The van der Waals surface area contributed by atoms with Crippen molar-refractivity contribution in [1.82, 2.24) is 0 Å². The maximum atomic E-state index is 10.5. The van der Waals surface area contributed by atoms with E-state index in [0.717, 1.165) is 24.2 Å². The molecule has 0 spiro atoms. The molecular formula is C15H20O4. The van der Waals surface area contributed by atoms with Gasteiger partial charge in [0.25, 0.3) is 0 Å². The number of rotatable bonds is 8. The quantitative estimate of drug-likeness (QED) is 0.579. The van der Waals surface area contributed by atoms with Crippen LogP contribution < -0.4 is 4.74 Å². The molecule has 0 radical (unpaired) electrons. The summed E-state index contributed by atoms with van der Waals surface area (Å²) >= 11 is 0. The molecule has 1 aromatic carbocycles. The molecule has 0 aliphatic heterocycles. The lowest BCUT2D eigenvalue weighted by molar-refractivity contribution is -0.132. The number of unbranched alkanes of at least 4 members (excludes halogenated alkanes) is 1. The van der Waals surface area contributed by atoms with Crippen LogP contribution in [-0.4, -0.2) is 24.8 Å². The molecule has 0 saturated heterocycles. The minimum Gasteiger partial charge on any atom is -0.497 e. The number of carboxylic acids is 1. The Morgan fingerprint density at radius 2 is 2.00 bits per heavy atom. The molecule has 1 rings (SSSR count). The standard InChI is InChI=1S/C15H20O4/c1-12(15(16)17)5-3-4-10-19-11-13-6-8-14(18-2)9-7-13/h5-9H,3-4,10-11H2,1-2H3,(H,16,17)/b12-5+. The first-order valence-corrected chi connectivity index (χ1v) is 6.24. The van der Waals surface area contributed by atoms with Crippen molar-refractivity contribution in [2.24, 2.45) is 0 Å². The first-order chi connectivity index (χ1) is 9.13. The summed E-state index contributed by atoms with van der Waals surface area (Å²) in [6.45, 7) is 2.78. The van der Waals surface area contributed by atoms with E-state index in [1.165, 1.54) is 0 Å². The van der Waals surface area contributed by atoms with Gasteiger partial charge in [0.2, 0.25) is 0 Å². The highest BCUT2D eigenvalue weighted by atomic mass is 16.5. The second-order valence-electron chi connectivity index (χ2n) is 4.24. The fraction of sp³-hybridized carbons (Fsp3) is 0.400. The second-order valence-corrected chi connectivity index (χ2v) is 4.24. The van der Waals surface area contributed by atoms with Crippen molar-refractivity contribution in [2.75, 3.05) is 13.7 Å². The molecule has 104 valence electrons. The zero-order valence-corrected chi connectivity index (χ0v) is 11.4. The summed E-state index contributed by atoms with van der Waals surface area (Å²) in [6, 6.07) is 7.73. The second kappa shape index (κ2) is 8.32.